The van der Waals surface area contributed by atoms with Crippen LogP contribution in [0.4, 0.5) is 10.1 Å². The van der Waals surface area contributed by atoms with Gasteiger partial charge < -0.3 is 14.7 Å². The lowest BCUT2D eigenvalue weighted by Crippen LogP contribution is -2.30. The van der Waals surface area contributed by atoms with Crippen molar-refractivity contribution in [3.8, 4) is 0 Å². The molecule has 0 aliphatic carbocycles. The standard InChI is InChI=1S/C12H16FNO3/c1-14(8-11(15)7-12(16)17-2)10-5-3-9(13)4-6-10/h3-6,11,15H,7-8H2,1-2H3. The minimum Gasteiger partial charge on any atom is -0.469 e. The summed E-state index contributed by atoms with van der Waals surface area (Å²) in [5.74, 6) is -0.762. The van der Waals surface area contributed by atoms with E-state index in [1.807, 2.05) is 0 Å². The summed E-state index contributed by atoms with van der Waals surface area (Å²) in [5, 5.41) is 9.62. The zero-order chi connectivity index (χ0) is 12.8. The van der Waals surface area contributed by atoms with Crippen molar-refractivity contribution in [1.82, 2.24) is 0 Å². The number of anilines is 1. The van der Waals surface area contributed by atoms with Crippen molar-refractivity contribution >= 4 is 11.7 Å². The number of benzene rings is 1. The van der Waals surface area contributed by atoms with Gasteiger partial charge in [0, 0.05) is 19.3 Å². The number of aliphatic hydroxyl groups is 1. The van der Waals surface area contributed by atoms with Crippen LogP contribution in [0.25, 0.3) is 0 Å². The van der Waals surface area contributed by atoms with E-state index in [4.69, 9.17) is 0 Å². The van der Waals surface area contributed by atoms with Gasteiger partial charge in [0.05, 0.1) is 19.6 Å². The molecule has 0 heterocycles. The molecule has 0 spiro atoms. The summed E-state index contributed by atoms with van der Waals surface area (Å²) in [6.07, 6.45) is -0.861. The van der Waals surface area contributed by atoms with Crippen LogP contribution >= 0.6 is 0 Å². The van der Waals surface area contributed by atoms with Crippen molar-refractivity contribution in [2.75, 3.05) is 25.6 Å². The van der Waals surface area contributed by atoms with Crippen molar-refractivity contribution in [3.63, 3.8) is 0 Å². The molecule has 0 bridgehead atoms. The molecule has 1 atom stereocenters. The third-order valence-electron chi connectivity index (χ3n) is 2.38. The van der Waals surface area contributed by atoms with Crippen molar-refractivity contribution in [2.45, 2.75) is 12.5 Å². The molecule has 1 N–H and O–H groups in total. The Balaban J connectivity index is 2.51. The lowest BCUT2D eigenvalue weighted by molar-refractivity contribution is -0.142. The molecule has 17 heavy (non-hydrogen) atoms. The van der Waals surface area contributed by atoms with Crippen LogP contribution < -0.4 is 4.90 Å². The van der Waals surface area contributed by atoms with Crippen LogP contribution in [-0.4, -0.2) is 37.9 Å². The van der Waals surface area contributed by atoms with Gasteiger partial charge >= 0.3 is 5.97 Å². The maximum atomic E-state index is 12.7. The van der Waals surface area contributed by atoms with E-state index in [1.54, 1.807) is 24.1 Å². The molecule has 1 rings (SSSR count). The van der Waals surface area contributed by atoms with Gasteiger partial charge in [-0.3, -0.25) is 4.79 Å². The Labute approximate surface area is 99.6 Å². The van der Waals surface area contributed by atoms with Gasteiger partial charge in [0.1, 0.15) is 5.82 Å². The number of carbonyl (C=O) groups excluding carboxylic acids is 1. The second-order valence-electron chi connectivity index (χ2n) is 3.79. The molecule has 0 fully saturated rings. The van der Waals surface area contributed by atoms with Crippen molar-refractivity contribution in [3.05, 3.63) is 30.1 Å². The Morgan fingerprint density at radius 3 is 2.59 bits per heavy atom. The Hall–Kier alpha value is -1.62. The topological polar surface area (TPSA) is 49.8 Å². The summed E-state index contributed by atoms with van der Waals surface area (Å²) in [7, 11) is 3.03. The predicted molar refractivity (Wildman–Crippen MR) is 62.3 cm³/mol. The smallest absolute Gasteiger partial charge is 0.308 e. The second kappa shape index (κ2) is 6.20. The molecular weight excluding hydrogens is 225 g/mol. The molecule has 0 aliphatic rings. The molecule has 0 amide bonds. The highest BCUT2D eigenvalue weighted by atomic mass is 19.1. The first-order valence-electron chi connectivity index (χ1n) is 5.24. The first kappa shape index (κ1) is 13.4. The highest BCUT2D eigenvalue weighted by Crippen LogP contribution is 2.13. The highest BCUT2D eigenvalue weighted by molar-refractivity contribution is 5.69. The van der Waals surface area contributed by atoms with Gasteiger partial charge in [0.2, 0.25) is 0 Å². The van der Waals surface area contributed by atoms with E-state index in [9.17, 15) is 14.3 Å². The van der Waals surface area contributed by atoms with Crippen LogP contribution in [0, 0.1) is 5.82 Å². The SMILES string of the molecule is COC(=O)CC(O)CN(C)c1ccc(F)cc1. The summed E-state index contributed by atoms with van der Waals surface area (Å²) >= 11 is 0. The predicted octanol–water partition coefficient (Wildman–Crippen LogP) is 1.19. The maximum Gasteiger partial charge on any atom is 0.308 e. The number of hydrogen-bond donors (Lipinski definition) is 1. The first-order valence-corrected chi connectivity index (χ1v) is 5.24. The van der Waals surface area contributed by atoms with Crippen LogP contribution in [0.5, 0.6) is 0 Å². The zero-order valence-corrected chi connectivity index (χ0v) is 9.89. The third-order valence-corrected chi connectivity index (χ3v) is 2.38. The van der Waals surface area contributed by atoms with Crippen LogP contribution in [0.3, 0.4) is 0 Å². The number of aliphatic hydroxyl groups excluding tert-OH is 1. The summed E-state index contributed by atoms with van der Waals surface area (Å²) in [5.41, 5.74) is 0.773. The molecule has 0 saturated heterocycles. The largest absolute Gasteiger partial charge is 0.469 e. The summed E-state index contributed by atoms with van der Waals surface area (Å²) in [6, 6.07) is 5.91. The molecule has 1 aromatic rings. The fraction of sp³-hybridized carbons (Fsp3) is 0.417. The zero-order valence-electron chi connectivity index (χ0n) is 9.89. The van der Waals surface area contributed by atoms with E-state index < -0.39 is 12.1 Å². The van der Waals surface area contributed by atoms with Gasteiger partial charge in [0.25, 0.3) is 0 Å². The van der Waals surface area contributed by atoms with Gasteiger partial charge in [-0.2, -0.15) is 0 Å². The average molecular weight is 241 g/mol. The van der Waals surface area contributed by atoms with E-state index in [1.165, 1.54) is 19.2 Å². The number of ether oxygens (including phenoxy) is 1. The molecule has 5 heteroatoms. The number of methoxy groups -OCH3 is 1. The van der Waals surface area contributed by atoms with E-state index in [0.717, 1.165) is 5.69 Å². The summed E-state index contributed by atoms with van der Waals surface area (Å²) in [6.45, 7) is 0.279. The van der Waals surface area contributed by atoms with Gasteiger partial charge in [-0.05, 0) is 24.3 Å². The number of carbonyl (C=O) groups is 1. The van der Waals surface area contributed by atoms with E-state index >= 15 is 0 Å². The number of halogens is 1. The molecule has 0 aliphatic heterocycles. The van der Waals surface area contributed by atoms with Gasteiger partial charge in [-0.1, -0.05) is 0 Å². The van der Waals surface area contributed by atoms with Gasteiger partial charge in [-0.15, -0.1) is 0 Å². The monoisotopic (exact) mass is 241 g/mol. The van der Waals surface area contributed by atoms with E-state index in [-0.39, 0.29) is 18.8 Å². The number of rotatable bonds is 5. The molecule has 0 saturated carbocycles. The fourth-order valence-electron chi connectivity index (χ4n) is 1.46. The van der Waals surface area contributed by atoms with Crippen LogP contribution in [0.1, 0.15) is 6.42 Å². The van der Waals surface area contributed by atoms with Crippen molar-refractivity contribution < 1.29 is 19.0 Å². The lowest BCUT2D eigenvalue weighted by atomic mass is 10.2. The molecule has 0 radical (unpaired) electrons. The van der Waals surface area contributed by atoms with Crippen molar-refractivity contribution in [2.24, 2.45) is 0 Å². The number of esters is 1. The van der Waals surface area contributed by atoms with Crippen LogP contribution in [0.2, 0.25) is 0 Å². The molecule has 1 aromatic carbocycles. The summed E-state index contributed by atoms with van der Waals surface area (Å²) < 4.78 is 17.2. The minimum atomic E-state index is -0.808. The quantitative estimate of drug-likeness (QED) is 0.787. The maximum absolute atomic E-state index is 12.7. The Morgan fingerprint density at radius 1 is 1.47 bits per heavy atom. The van der Waals surface area contributed by atoms with Crippen molar-refractivity contribution in [1.29, 1.82) is 0 Å². The van der Waals surface area contributed by atoms with Crippen LogP contribution in [0.15, 0.2) is 24.3 Å². The van der Waals surface area contributed by atoms with Gasteiger partial charge in [-0.25, -0.2) is 4.39 Å². The second-order valence-corrected chi connectivity index (χ2v) is 3.79. The number of nitrogens with zero attached hydrogens (tertiary/aromatic N) is 1. The number of likely N-dealkylation sites (N-methyl/N-ethyl adjacent to an activating group) is 1. The Morgan fingerprint density at radius 2 is 2.06 bits per heavy atom. The van der Waals surface area contributed by atoms with E-state index in [0.29, 0.717) is 0 Å². The number of hydrogen-bond acceptors (Lipinski definition) is 4. The fourth-order valence-corrected chi connectivity index (χ4v) is 1.46. The lowest BCUT2D eigenvalue weighted by Gasteiger charge is -2.22. The molecular formula is C12H16FNO3. The third kappa shape index (κ3) is 4.40. The van der Waals surface area contributed by atoms with Crippen LogP contribution in [-0.2, 0) is 9.53 Å². The average Bonchev–Trinajstić information content (AvgIpc) is 2.29. The highest BCUT2D eigenvalue weighted by Gasteiger charge is 2.13. The molecule has 94 valence electrons. The molecule has 4 nitrogen and oxygen atoms in total. The Kier molecular flexibility index (Phi) is 4.90. The van der Waals surface area contributed by atoms with E-state index in [2.05, 4.69) is 4.74 Å². The Bertz CT molecular complexity index is 367. The summed E-state index contributed by atoms with van der Waals surface area (Å²) in [4.78, 5) is 12.7. The first-order chi connectivity index (χ1) is 8.02. The minimum absolute atomic E-state index is 0.0535. The molecule has 0 aromatic heterocycles. The normalized spacial score (nSPS) is 12.0. The van der Waals surface area contributed by atoms with Gasteiger partial charge in [0.15, 0.2) is 0 Å². The molecule has 1 unspecified atom stereocenters.